The number of anilines is 1. The van der Waals surface area contributed by atoms with Gasteiger partial charge in [-0.25, -0.2) is 15.0 Å². The van der Waals surface area contributed by atoms with Gasteiger partial charge >= 0.3 is 0 Å². The first kappa shape index (κ1) is 12.5. The predicted octanol–water partition coefficient (Wildman–Crippen LogP) is 0.0891. The van der Waals surface area contributed by atoms with Gasteiger partial charge in [-0.3, -0.25) is 0 Å². The number of aromatic amines is 2. The van der Waals surface area contributed by atoms with Crippen LogP contribution in [0.1, 0.15) is 0 Å². The molecule has 0 aliphatic carbocycles. The Morgan fingerprint density at radius 1 is 1.48 bits per heavy atom. The molecular formula is C14H17N6O+. The monoisotopic (exact) mass is 285 g/mol. The molecule has 4 N–H and O–H groups in total. The number of H-pyrrole nitrogens is 2. The average Bonchev–Trinajstić information content (AvgIpc) is 2.93. The van der Waals surface area contributed by atoms with Crippen LogP contribution in [-0.4, -0.2) is 47.3 Å². The number of aromatic nitrogens is 4. The lowest BCUT2D eigenvalue weighted by Crippen LogP contribution is -2.46. The van der Waals surface area contributed by atoms with E-state index in [1.165, 1.54) is 0 Å². The Morgan fingerprint density at radius 3 is 3.33 bits per heavy atom. The highest BCUT2D eigenvalue weighted by Gasteiger charge is 2.23. The molecule has 1 fully saturated rings. The van der Waals surface area contributed by atoms with E-state index in [0.717, 1.165) is 40.8 Å². The Balaban J connectivity index is 1.88. The highest BCUT2D eigenvalue weighted by molar-refractivity contribution is 6.10. The molecule has 0 saturated carbocycles. The van der Waals surface area contributed by atoms with Crippen LogP contribution in [0.5, 0.6) is 0 Å². The first-order valence-electron chi connectivity index (χ1n) is 7.06. The molecule has 0 radical (unpaired) electrons. The fourth-order valence-electron chi connectivity index (χ4n) is 2.89. The summed E-state index contributed by atoms with van der Waals surface area (Å²) in [4.78, 5) is 17.5. The molecule has 3 aromatic rings. The number of ether oxygens (including phenoxy) is 1. The van der Waals surface area contributed by atoms with Crippen molar-refractivity contribution in [3.05, 3.63) is 24.8 Å². The molecule has 4 heterocycles. The maximum atomic E-state index is 5.73. The summed E-state index contributed by atoms with van der Waals surface area (Å²) in [5.74, 6) is 0.938. The molecule has 0 aromatic carbocycles. The quantitative estimate of drug-likeness (QED) is 0.696. The molecule has 7 nitrogen and oxygen atoms in total. The van der Waals surface area contributed by atoms with E-state index in [9.17, 15) is 0 Å². The van der Waals surface area contributed by atoms with Gasteiger partial charge in [0.05, 0.1) is 29.0 Å². The van der Waals surface area contributed by atoms with Crippen LogP contribution >= 0.6 is 0 Å². The van der Waals surface area contributed by atoms with E-state index in [2.05, 4.69) is 24.8 Å². The third-order valence-corrected chi connectivity index (χ3v) is 3.91. The topological polar surface area (TPSA) is 94.2 Å². The second-order valence-electron chi connectivity index (χ2n) is 5.19. The fourth-order valence-corrected chi connectivity index (χ4v) is 2.89. The van der Waals surface area contributed by atoms with E-state index >= 15 is 0 Å². The number of hydrogen-bond acceptors (Lipinski definition) is 5. The van der Waals surface area contributed by atoms with Crippen molar-refractivity contribution in [2.24, 2.45) is 5.73 Å². The predicted molar refractivity (Wildman–Crippen MR) is 79.0 cm³/mol. The summed E-state index contributed by atoms with van der Waals surface area (Å²) in [5, 5.41) is 2.14. The van der Waals surface area contributed by atoms with Gasteiger partial charge in [0.15, 0.2) is 12.4 Å². The Kier molecular flexibility index (Phi) is 2.94. The van der Waals surface area contributed by atoms with Gasteiger partial charge in [0.1, 0.15) is 17.8 Å². The average molecular weight is 285 g/mol. The molecule has 1 saturated heterocycles. The van der Waals surface area contributed by atoms with E-state index in [-0.39, 0.29) is 6.10 Å². The normalized spacial score (nSPS) is 19.5. The van der Waals surface area contributed by atoms with Crippen LogP contribution in [0.3, 0.4) is 0 Å². The van der Waals surface area contributed by atoms with Gasteiger partial charge in [-0.05, 0) is 0 Å². The first-order chi connectivity index (χ1) is 10.4. The molecule has 1 unspecified atom stereocenters. The molecule has 21 heavy (non-hydrogen) atoms. The number of nitrogens with one attached hydrogen (secondary N) is 2. The standard InChI is InChI=1S/C14H16N6O/c15-5-9-7-20(3-4-21-9)14-12-10-6-16-2-1-11(10)19-13(12)17-8-18-14/h1-2,6,8-9H,3-5,7,15H2,(H,17,18,19)/p+1. The molecule has 108 valence electrons. The van der Waals surface area contributed by atoms with Crippen molar-refractivity contribution in [1.29, 1.82) is 0 Å². The molecule has 0 bridgehead atoms. The zero-order chi connectivity index (χ0) is 14.2. The molecule has 0 spiro atoms. The van der Waals surface area contributed by atoms with Crippen molar-refractivity contribution in [3.63, 3.8) is 0 Å². The maximum absolute atomic E-state index is 5.73. The fraction of sp³-hybridized carbons (Fsp3) is 0.357. The minimum atomic E-state index is 0.0560. The molecule has 7 heteroatoms. The minimum absolute atomic E-state index is 0.0560. The third-order valence-electron chi connectivity index (χ3n) is 3.91. The molecule has 1 aliphatic rings. The first-order valence-corrected chi connectivity index (χ1v) is 7.06. The molecule has 4 rings (SSSR count). The number of morpholine rings is 1. The number of hydrogen-bond donors (Lipinski definition) is 2. The second-order valence-corrected chi connectivity index (χ2v) is 5.19. The van der Waals surface area contributed by atoms with E-state index in [1.807, 2.05) is 18.5 Å². The summed E-state index contributed by atoms with van der Waals surface area (Å²) in [5.41, 5.74) is 7.63. The van der Waals surface area contributed by atoms with Crippen LogP contribution in [0.4, 0.5) is 5.82 Å². The highest BCUT2D eigenvalue weighted by Crippen LogP contribution is 2.30. The van der Waals surface area contributed by atoms with Gasteiger partial charge in [-0.1, -0.05) is 0 Å². The van der Waals surface area contributed by atoms with Crippen molar-refractivity contribution in [1.82, 2.24) is 15.0 Å². The van der Waals surface area contributed by atoms with Crippen LogP contribution in [0.2, 0.25) is 0 Å². The largest absolute Gasteiger partial charge is 0.373 e. The van der Waals surface area contributed by atoms with Gasteiger partial charge in [-0.2, -0.15) is 0 Å². The Bertz CT molecular complexity index is 785. The third kappa shape index (κ3) is 2.01. The number of nitrogens with zero attached hydrogens (tertiary/aromatic N) is 3. The summed E-state index contributed by atoms with van der Waals surface area (Å²) < 4.78 is 5.64. The SMILES string of the molecule is NCC1CN(c2ncnc3[nH]c4cc[nH+]cc4c23)CCO1. The van der Waals surface area contributed by atoms with E-state index in [0.29, 0.717) is 13.2 Å². The van der Waals surface area contributed by atoms with Gasteiger partial charge in [0, 0.05) is 25.7 Å². The van der Waals surface area contributed by atoms with Gasteiger partial charge in [-0.15, -0.1) is 0 Å². The van der Waals surface area contributed by atoms with Crippen molar-refractivity contribution in [2.75, 3.05) is 31.1 Å². The summed E-state index contributed by atoms with van der Waals surface area (Å²) in [6.45, 7) is 2.76. The molecule has 3 aromatic heterocycles. The van der Waals surface area contributed by atoms with Crippen LogP contribution in [0.15, 0.2) is 24.8 Å². The smallest absolute Gasteiger partial charge is 0.177 e. The van der Waals surface area contributed by atoms with Crippen LogP contribution in [0.25, 0.3) is 21.9 Å². The van der Waals surface area contributed by atoms with Gasteiger partial charge in [0.25, 0.3) is 0 Å². The summed E-state index contributed by atoms with van der Waals surface area (Å²) in [7, 11) is 0. The molecule has 1 atom stereocenters. The number of pyridine rings is 1. The highest BCUT2D eigenvalue weighted by atomic mass is 16.5. The zero-order valence-corrected chi connectivity index (χ0v) is 11.5. The van der Waals surface area contributed by atoms with Crippen LogP contribution < -0.4 is 15.6 Å². The van der Waals surface area contributed by atoms with E-state index < -0.39 is 0 Å². The van der Waals surface area contributed by atoms with Crippen molar-refractivity contribution in [2.45, 2.75) is 6.10 Å². The minimum Gasteiger partial charge on any atom is -0.373 e. The zero-order valence-electron chi connectivity index (χ0n) is 11.5. The Hall–Kier alpha value is -2.25. The van der Waals surface area contributed by atoms with Crippen molar-refractivity contribution < 1.29 is 9.72 Å². The second kappa shape index (κ2) is 4.94. The summed E-state index contributed by atoms with van der Waals surface area (Å²) in [6.07, 6.45) is 5.52. The van der Waals surface area contributed by atoms with E-state index in [1.54, 1.807) is 6.33 Å². The van der Waals surface area contributed by atoms with Crippen molar-refractivity contribution >= 4 is 27.8 Å². The van der Waals surface area contributed by atoms with Gasteiger partial charge < -0.3 is 20.4 Å². The lowest BCUT2D eigenvalue weighted by molar-refractivity contribution is -0.375. The summed E-state index contributed by atoms with van der Waals surface area (Å²) >= 11 is 0. The van der Waals surface area contributed by atoms with Crippen molar-refractivity contribution in [3.8, 4) is 0 Å². The van der Waals surface area contributed by atoms with Crippen LogP contribution in [0, 0.1) is 0 Å². The van der Waals surface area contributed by atoms with Gasteiger partial charge in [0.2, 0.25) is 0 Å². The van der Waals surface area contributed by atoms with Crippen LogP contribution in [-0.2, 0) is 4.74 Å². The molecule has 1 aliphatic heterocycles. The molecule has 0 amide bonds. The number of rotatable bonds is 2. The maximum Gasteiger partial charge on any atom is 0.177 e. The Morgan fingerprint density at radius 2 is 2.43 bits per heavy atom. The number of nitrogens with two attached hydrogens (primary N) is 1. The number of fused-ring (bicyclic) bond motifs is 3. The Labute approximate surface area is 121 Å². The lowest BCUT2D eigenvalue weighted by Gasteiger charge is -2.33. The molecular weight excluding hydrogens is 268 g/mol. The summed E-state index contributed by atoms with van der Waals surface area (Å²) in [6, 6.07) is 2.00. The lowest BCUT2D eigenvalue weighted by atomic mass is 10.2. The van der Waals surface area contributed by atoms with E-state index in [4.69, 9.17) is 10.5 Å².